The van der Waals surface area contributed by atoms with Crippen LogP contribution in [0.1, 0.15) is 23.1 Å². The molecule has 0 aliphatic carbocycles. The van der Waals surface area contributed by atoms with Gasteiger partial charge in [-0.2, -0.15) is 5.10 Å². The van der Waals surface area contributed by atoms with Gasteiger partial charge >= 0.3 is 0 Å². The number of amides is 2. The Kier molecular flexibility index (Phi) is 7.74. The molecule has 0 atom stereocenters. The van der Waals surface area contributed by atoms with Crippen LogP contribution in [0.5, 0.6) is 5.75 Å². The molecule has 0 saturated carbocycles. The molecule has 0 bridgehead atoms. The molecule has 30 heavy (non-hydrogen) atoms. The van der Waals surface area contributed by atoms with Crippen LogP contribution in [0.3, 0.4) is 0 Å². The minimum atomic E-state index is -0.473. The Balaban J connectivity index is 1.37. The highest BCUT2D eigenvalue weighted by Gasteiger charge is 2.08. The molecule has 0 aliphatic rings. The summed E-state index contributed by atoms with van der Waals surface area (Å²) in [6.07, 6.45) is 1.23. The number of benzene rings is 3. The molecule has 0 unspecified atom stereocenters. The predicted octanol–water partition coefficient (Wildman–Crippen LogP) is 3.42. The van der Waals surface area contributed by atoms with Crippen molar-refractivity contribution >= 4 is 18.0 Å². The van der Waals surface area contributed by atoms with Crippen molar-refractivity contribution in [3.63, 3.8) is 0 Å². The van der Waals surface area contributed by atoms with Gasteiger partial charge in [0.15, 0.2) is 0 Å². The molecule has 0 fully saturated rings. The van der Waals surface area contributed by atoms with Gasteiger partial charge in [0.05, 0.1) is 6.21 Å². The van der Waals surface area contributed by atoms with Gasteiger partial charge in [0.1, 0.15) is 18.8 Å². The zero-order valence-corrected chi connectivity index (χ0v) is 16.5. The van der Waals surface area contributed by atoms with E-state index >= 15 is 0 Å². The van der Waals surface area contributed by atoms with E-state index in [0.717, 1.165) is 22.4 Å². The summed E-state index contributed by atoms with van der Waals surface area (Å²) in [5.74, 6) is -0.0822. The molecule has 0 radical (unpaired) electrons. The normalized spacial score (nSPS) is 10.5. The number of nitrogens with one attached hydrogen (secondary N) is 2. The molecule has 2 amide bonds. The van der Waals surface area contributed by atoms with E-state index in [1.54, 1.807) is 0 Å². The molecular weight excluding hydrogens is 378 g/mol. The molecule has 6 nitrogen and oxygen atoms in total. The van der Waals surface area contributed by atoms with Crippen LogP contribution in [0, 0.1) is 0 Å². The highest BCUT2D eigenvalue weighted by Crippen LogP contribution is 2.13. The third-order valence-electron chi connectivity index (χ3n) is 4.18. The lowest BCUT2D eigenvalue weighted by atomic mass is 10.2. The quantitative estimate of drug-likeness (QED) is 0.328. The van der Waals surface area contributed by atoms with Gasteiger partial charge in [-0.25, -0.2) is 5.43 Å². The van der Waals surface area contributed by atoms with E-state index in [1.165, 1.54) is 6.21 Å². The number of carbonyl (C=O) groups is 2. The van der Waals surface area contributed by atoms with Crippen molar-refractivity contribution in [3.05, 3.63) is 102 Å². The molecule has 0 heterocycles. The van der Waals surface area contributed by atoms with Crippen LogP contribution < -0.4 is 15.5 Å². The predicted molar refractivity (Wildman–Crippen MR) is 116 cm³/mol. The van der Waals surface area contributed by atoms with Gasteiger partial charge < -0.3 is 10.1 Å². The standard InChI is InChI=1S/C24H23N3O3/c28-23(25-16-19-7-3-1-4-8-19)15-24(29)27-26-17-20-11-13-22(14-12-20)30-18-21-9-5-2-6-10-21/h1-14,17H,15-16,18H2,(H,25,28)(H,27,29)/b26-17+. The van der Waals surface area contributed by atoms with Crippen LogP contribution in [0.15, 0.2) is 90.0 Å². The Bertz CT molecular complexity index is 972. The molecular formula is C24H23N3O3. The van der Waals surface area contributed by atoms with Crippen LogP contribution in [0.25, 0.3) is 0 Å². The zero-order valence-electron chi connectivity index (χ0n) is 16.5. The van der Waals surface area contributed by atoms with Crippen molar-refractivity contribution in [1.82, 2.24) is 10.7 Å². The number of nitrogens with zero attached hydrogens (tertiary/aromatic N) is 1. The van der Waals surface area contributed by atoms with Gasteiger partial charge in [0.25, 0.3) is 0 Å². The van der Waals surface area contributed by atoms with Gasteiger partial charge in [-0.1, -0.05) is 60.7 Å². The summed E-state index contributed by atoms with van der Waals surface area (Å²) in [5, 5.41) is 6.59. The lowest BCUT2D eigenvalue weighted by Crippen LogP contribution is -2.29. The van der Waals surface area contributed by atoms with E-state index in [0.29, 0.717) is 13.2 Å². The summed E-state index contributed by atoms with van der Waals surface area (Å²) in [6.45, 7) is 0.881. The molecule has 0 aliphatic heterocycles. The maximum absolute atomic E-state index is 11.8. The van der Waals surface area contributed by atoms with Crippen molar-refractivity contribution in [2.45, 2.75) is 19.6 Å². The Hall–Kier alpha value is -3.93. The second kappa shape index (κ2) is 11.2. The molecule has 0 saturated heterocycles. The van der Waals surface area contributed by atoms with Gasteiger partial charge in [-0.3, -0.25) is 9.59 Å². The molecule has 6 heteroatoms. The number of hydrogen-bond donors (Lipinski definition) is 2. The first-order valence-corrected chi connectivity index (χ1v) is 9.58. The number of rotatable bonds is 9. The molecule has 3 aromatic carbocycles. The van der Waals surface area contributed by atoms with E-state index in [2.05, 4.69) is 15.8 Å². The first-order valence-electron chi connectivity index (χ1n) is 9.58. The van der Waals surface area contributed by atoms with Crippen LogP contribution in [0.2, 0.25) is 0 Å². The summed E-state index contributed by atoms with van der Waals surface area (Å²) in [4.78, 5) is 23.6. The van der Waals surface area contributed by atoms with E-state index in [1.807, 2.05) is 84.9 Å². The number of hydrogen-bond acceptors (Lipinski definition) is 4. The van der Waals surface area contributed by atoms with E-state index in [-0.39, 0.29) is 12.3 Å². The fourth-order valence-corrected chi connectivity index (χ4v) is 2.61. The van der Waals surface area contributed by atoms with Gasteiger partial charge in [0.2, 0.25) is 11.8 Å². The molecule has 2 N–H and O–H groups in total. The summed E-state index contributed by atoms with van der Waals surface area (Å²) in [6, 6.07) is 26.8. The third kappa shape index (κ3) is 7.24. The van der Waals surface area contributed by atoms with Crippen LogP contribution in [-0.2, 0) is 22.7 Å². The first kappa shape index (κ1) is 20.8. The molecule has 3 rings (SSSR count). The second-order valence-electron chi connectivity index (χ2n) is 6.58. The summed E-state index contributed by atoms with van der Waals surface area (Å²) >= 11 is 0. The topological polar surface area (TPSA) is 79.8 Å². The van der Waals surface area contributed by atoms with Crippen molar-refractivity contribution in [2.24, 2.45) is 5.10 Å². The average molecular weight is 401 g/mol. The number of ether oxygens (including phenoxy) is 1. The third-order valence-corrected chi connectivity index (χ3v) is 4.18. The minimum absolute atomic E-state index is 0.281. The molecule has 0 aromatic heterocycles. The lowest BCUT2D eigenvalue weighted by molar-refractivity contribution is -0.129. The van der Waals surface area contributed by atoms with Gasteiger partial charge in [0, 0.05) is 6.54 Å². The average Bonchev–Trinajstić information content (AvgIpc) is 2.78. The Morgan fingerprint density at radius 1 is 0.800 bits per heavy atom. The summed E-state index contributed by atoms with van der Waals surface area (Å²) in [5.41, 5.74) is 5.23. The van der Waals surface area contributed by atoms with Gasteiger partial charge in [-0.05, 0) is 41.0 Å². The Labute approximate surface area is 175 Å². The Morgan fingerprint density at radius 3 is 2.10 bits per heavy atom. The zero-order chi connectivity index (χ0) is 21.0. The fraction of sp³-hybridized carbons (Fsp3) is 0.125. The van der Waals surface area contributed by atoms with Crippen LogP contribution >= 0.6 is 0 Å². The van der Waals surface area contributed by atoms with Crippen molar-refractivity contribution < 1.29 is 14.3 Å². The van der Waals surface area contributed by atoms with E-state index in [4.69, 9.17) is 4.74 Å². The minimum Gasteiger partial charge on any atom is -0.489 e. The largest absolute Gasteiger partial charge is 0.489 e. The first-order chi connectivity index (χ1) is 14.7. The monoisotopic (exact) mass is 401 g/mol. The lowest BCUT2D eigenvalue weighted by Gasteiger charge is -2.06. The number of hydrazone groups is 1. The number of carbonyl (C=O) groups excluding carboxylic acids is 2. The molecule has 3 aromatic rings. The summed E-state index contributed by atoms with van der Waals surface area (Å²) < 4.78 is 5.73. The highest BCUT2D eigenvalue weighted by atomic mass is 16.5. The van der Waals surface area contributed by atoms with Crippen molar-refractivity contribution in [2.75, 3.05) is 0 Å². The maximum Gasteiger partial charge on any atom is 0.249 e. The van der Waals surface area contributed by atoms with E-state index in [9.17, 15) is 9.59 Å². The Morgan fingerprint density at radius 2 is 1.43 bits per heavy atom. The second-order valence-corrected chi connectivity index (χ2v) is 6.58. The molecule has 152 valence electrons. The maximum atomic E-state index is 11.8. The van der Waals surface area contributed by atoms with Crippen molar-refractivity contribution in [1.29, 1.82) is 0 Å². The van der Waals surface area contributed by atoms with Gasteiger partial charge in [-0.15, -0.1) is 0 Å². The summed E-state index contributed by atoms with van der Waals surface area (Å²) in [7, 11) is 0. The SMILES string of the molecule is O=C(CC(=O)N/N=C/c1ccc(OCc2ccccc2)cc1)NCc1ccccc1. The molecule has 0 spiro atoms. The van der Waals surface area contributed by atoms with E-state index < -0.39 is 5.91 Å². The van der Waals surface area contributed by atoms with Crippen molar-refractivity contribution in [3.8, 4) is 5.75 Å². The smallest absolute Gasteiger partial charge is 0.249 e. The van der Waals surface area contributed by atoms with Crippen LogP contribution in [-0.4, -0.2) is 18.0 Å². The fourth-order valence-electron chi connectivity index (χ4n) is 2.61. The van der Waals surface area contributed by atoms with Crippen LogP contribution in [0.4, 0.5) is 0 Å². The highest BCUT2D eigenvalue weighted by molar-refractivity contribution is 5.97.